The minimum absolute atomic E-state index is 0.375. The van der Waals surface area contributed by atoms with E-state index in [0.717, 1.165) is 19.4 Å². The molecule has 1 fully saturated rings. The number of piperidine rings is 1. The monoisotopic (exact) mass is 198 g/mol. The summed E-state index contributed by atoms with van der Waals surface area (Å²) >= 11 is 0. The van der Waals surface area contributed by atoms with Crippen molar-refractivity contribution in [2.45, 2.75) is 18.9 Å². The Morgan fingerprint density at radius 3 is 2.87 bits per heavy atom. The zero-order valence-corrected chi connectivity index (χ0v) is 8.61. The summed E-state index contributed by atoms with van der Waals surface area (Å²) in [5.41, 5.74) is 2.56. The largest absolute Gasteiger partial charge is 0.309 e. The molecular formula is C13H14N2. The van der Waals surface area contributed by atoms with Crippen LogP contribution in [0.15, 0.2) is 42.0 Å². The second kappa shape index (κ2) is 4.77. The quantitative estimate of drug-likeness (QED) is 0.704. The molecule has 1 unspecified atom stereocenters. The fraction of sp³-hybridized carbons (Fsp3) is 0.308. The first-order chi connectivity index (χ1) is 7.40. The van der Waals surface area contributed by atoms with Crippen molar-refractivity contribution in [2.75, 3.05) is 6.54 Å². The molecule has 76 valence electrons. The highest BCUT2D eigenvalue weighted by Gasteiger charge is 2.17. The van der Waals surface area contributed by atoms with Crippen molar-refractivity contribution in [1.82, 2.24) is 5.32 Å². The van der Waals surface area contributed by atoms with Gasteiger partial charge in [-0.25, -0.2) is 0 Å². The predicted molar refractivity (Wildman–Crippen MR) is 60.1 cm³/mol. The fourth-order valence-electron chi connectivity index (χ4n) is 1.99. The Morgan fingerprint density at radius 1 is 1.33 bits per heavy atom. The molecule has 2 nitrogen and oxygen atoms in total. The lowest BCUT2D eigenvalue weighted by molar-refractivity contribution is 0.480. The van der Waals surface area contributed by atoms with Crippen LogP contribution in [0.5, 0.6) is 0 Å². The van der Waals surface area contributed by atoms with Crippen LogP contribution in [0.4, 0.5) is 0 Å². The van der Waals surface area contributed by atoms with Crippen molar-refractivity contribution < 1.29 is 0 Å². The van der Waals surface area contributed by atoms with E-state index in [2.05, 4.69) is 35.7 Å². The third kappa shape index (κ3) is 2.45. The Kier molecular flexibility index (Phi) is 3.16. The van der Waals surface area contributed by atoms with E-state index >= 15 is 0 Å². The highest BCUT2D eigenvalue weighted by atomic mass is 14.9. The SMILES string of the molecule is N#CC=C1CCNC(c2ccccc2)C1. The van der Waals surface area contributed by atoms with Crippen molar-refractivity contribution in [1.29, 1.82) is 5.26 Å². The molecule has 1 aliphatic heterocycles. The Morgan fingerprint density at radius 2 is 2.13 bits per heavy atom. The molecule has 0 aromatic heterocycles. The van der Waals surface area contributed by atoms with E-state index in [4.69, 9.17) is 5.26 Å². The van der Waals surface area contributed by atoms with Gasteiger partial charge < -0.3 is 5.32 Å². The smallest absolute Gasteiger partial charge is 0.0911 e. The van der Waals surface area contributed by atoms with E-state index in [-0.39, 0.29) is 0 Å². The van der Waals surface area contributed by atoms with Gasteiger partial charge in [0.1, 0.15) is 0 Å². The molecule has 0 radical (unpaired) electrons. The molecule has 15 heavy (non-hydrogen) atoms. The summed E-state index contributed by atoms with van der Waals surface area (Å²) in [6.45, 7) is 0.965. The van der Waals surface area contributed by atoms with Crippen LogP contribution in [0.25, 0.3) is 0 Å². The normalized spacial score (nSPS) is 23.7. The lowest BCUT2D eigenvalue weighted by Gasteiger charge is -2.25. The van der Waals surface area contributed by atoms with E-state index in [1.807, 2.05) is 6.07 Å². The maximum atomic E-state index is 8.63. The Hall–Kier alpha value is -1.59. The second-order valence-electron chi connectivity index (χ2n) is 3.80. The topological polar surface area (TPSA) is 35.8 Å². The Labute approximate surface area is 90.2 Å². The van der Waals surface area contributed by atoms with Gasteiger partial charge in [0.05, 0.1) is 6.07 Å². The van der Waals surface area contributed by atoms with Crippen LogP contribution in [0, 0.1) is 11.3 Å². The van der Waals surface area contributed by atoms with Crippen molar-refractivity contribution in [3.8, 4) is 6.07 Å². The summed E-state index contributed by atoms with van der Waals surface area (Å²) in [6, 6.07) is 12.9. The molecule has 1 aromatic carbocycles. The average molecular weight is 198 g/mol. The summed E-state index contributed by atoms with van der Waals surface area (Å²) < 4.78 is 0. The van der Waals surface area contributed by atoms with Crippen LogP contribution in [0.1, 0.15) is 24.4 Å². The average Bonchev–Trinajstić information content (AvgIpc) is 2.31. The minimum Gasteiger partial charge on any atom is -0.309 e. The van der Waals surface area contributed by atoms with Gasteiger partial charge in [-0.3, -0.25) is 0 Å². The molecule has 0 bridgehead atoms. The van der Waals surface area contributed by atoms with Gasteiger partial charge in [0.2, 0.25) is 0 Å². The van der Waals surface area contributed by atoms with E-state index in [0.29, 0.717) is 6.04 Å². The summed E-state index contributed by atoms with van der Waals surface area (Å²) in [5.74, 6) is 0. The summed E-state index contributed by atoms with van der Waals surface area (Å²) in [7, 11) is 0. The van der Waals surface area contributed by atoms with Crippen molar-refractivity contribution in [3.63, 3.8) is 0 Å². The first-order valence-electron chi connectivity index (χ1n) is 5.26. The molecule has 2 heteroatoms. The lowest BCUT2D eigenvalue weighted by atomic mass is 9.93. The molecule has 1 aromatic rings. The molecule has 1 atom stereocenters. The second-order valence-corrected chi connectivity index (χ2v) is 3.80. The number of hydrogen-bond acceptors (Lipinski definition) is 2. The van der Waals surface area contributed by atoms with Gasteiger partial charge in [0, 0.05) is 12.1 Å². The van der Waals surface area contributed by atoms with Crippen molar-refractivity contribution in [2.24, 2.45) is 0 Å². The van der Waals surface area contributed by atoms with E-state index in [1.165, 1.54) is 11.1 Å². The molecule has 2 rings (SSSR count). The maximum Gasteiger partial charge on any atom is 0.0911 e. The molecule has 1 heterocycles. The van der Waals surface area contributed by atoms with Gasteiger partial charge in [0.15, 0.2) is 0 Å². The molecule has 0 aliphatic carbocycles. The van der Waals surface area contributed by atoms with Crippen LogP contribution in [-0.4, -0.2) is 6.54 Å². The van der Waals surface area contributed by atoms with Crippen molar-refractivity contribution >= 4 is 0 Å². The van der Waals surface area contributed by atoms with Crippen LogP contribution >= 0.6 is 0 Å². The van der Waals surface area contributed by atoms with Crippen molar-refractivity contribution in [3.05, 3.63) is 47.5 Å². The molecule has 1 saturated heterocycles. The van der Waals surface area contributed by atoms with Gasteiger partial charge in [-0.15, -0.1) is 0 Å². The molecule has 0 amide bonds. The zero-order chi connectivity index (χ0) is 10.5. The van der Waals surface area contributed by atoms with E-state index in [1.54, 1.807) is 6.08 Å². The molecule has 1 aliphatic rings. The van der Waals surface area contributed by atoms with E-state index < -0.39 is 0 Å². The van der Waals surface area contributed by atoms with Crippen LogP contribution < -0.4 is 5.32 Å². The predicted octanol–water partition coefficient (Wildman–Crippen LogP) is 2.56. The number of allylic oxidation sites excluding steroid dienone is 1. The number of benzene rings is 1. The van der Waals surface area contributed by atoms with Gasteiger partial charge in [-0.05, 0) is 24.9 Å². The highest BCUT2D eigenvalue weighted by molar-refractivity contribution is 5.24. The van der Waals surface area contributed by atoms with Crippen LogP contribution in [-0.2, 0) is 0 Å². The summed E-state index contributed by atoms with van der Waals surface area (Å²) in [4.78, 5) is 0. The first-order valence-corrected chi connectivity index (χ1v) is 5.26. The van der Waals surface area contributed by atoms with Gasteiger partial charge in [-0.2, -0.15) is 5.26 Å². The van der Waals surface area contributed by atoms with Gasteiger partial charge >= 0.3 is 0 Å². The number of hydrogen-bond donors (Lipinski definition) is 1. The third-order valence-electron chi connectivity index (χ3n) is 2.77. The summed E-state index contributed by atoms with van der Waals surface area (Å²) in [5, 5.41) is 12.1. The van der Waals surface area contributed by atoms with E-state index in [9.17, 15) is 0 Å². The number of nitriles is 1. The van der Waals surface area contributed by atoms with Crippen LogP contribution in [0.3, 0.4) is 0 Å². The molecule has 0 saturated carbocycles. The van der Waals surface area contributed by atoms with Crippen LogP contribution in [0.2, 0.25) is 0 Å². The number of nitrogens with zero attached hydrogens (tertiary/aromatic N) is 1. The zero-order valence-electron chi connectivity index (χ0n) is 8.61. The molecular weight excluding hydrogens is 184 g/mol. The molecule has 0 spiro atoms. The maximum absolute atomic E-state index is 8.63. The summed E-state index contributed by atoms with van der Waals surface area (Å²) in [6.07, 6.45) is 3.64. The fourth-order valence-corrected chi connectivity index (χ4v) is 1.99. The van der Waals surface area contributed by atoms with Gasteiger partial charge in [0.25, 0.3) is 0 Å². The third-order valence-corrected chi connectivity index (χ3v) is 2.77. The number of nitrogens with one attached hydrogen (secondary N) is 1. The standard InChI is InChI=1S/C13H14N2/c14-8-6-11-7-9-15-13(10-11)12-4-2-1-3-5-12/h1-6,13,15H,7,9-10H2. The Balaban J connectivity index is 2.12. The minimum atomic E-state index is 0.375. The first kappa shape index (κ1) is 9.95. The highest BCUT2D eigenvalue weighted by Crippen LogP contribution is 2.26. The Bertz CT molecular complexity index is 387. The number of rotatable bonds is 1. The molecule has 1 N–H and O–H groups in total. The lowest BCUT2D eigenvalue weighted by Crippen LogP contribution is -2.28. The van der Waals surface area contributed by atoms with Gasteiger partial charge in [-0.1, -0.05) is 35.9 Å².